The molecule has 0 aliphatic rings. The molecule has 3 rings (SSSR count). The number of benzene rings is 3. The first-order valence-electron chi connectivity index (χ1n) is 12.7. The van der Waals surface area contributed by atoms with Gasteiger partial charge in [0.2, 0.25) is 21.8 Å². The number of anilines is 1. The highest BCUT2D eigenvalue weighted by Crippen LogP contribution is 2.21. The van der Waals surface area contributed by atoms with Crippen molar-refractivity contribution in [3.8, 4) is 0 Å². The maximum Gasteiger partial charge on any atom is 0.244 e. The number of rotatable bonds is 11. The smallest absolute Gasteiger partial charge is 0.244 e. The van der Waals surface area contributed by atoms with E-state index in [-0.39, 0.29) is 18.5 Å². The molecule has 0 aliphatic carbocycles. The van der Waals surface area contributed by atoms with Gasteiger partial charge < -0.3 is 10.2 Å². The highest BCUT2D eigenvalue weighted by atomic mass is 32.2. The van der Waals surface area contributed by atoms with Crippen LogP contribution in [0.15, 0.2) is 78.9 Å². The van der Waals surface area contributed by atoms with E-state index in [2.05, 4.69) is 5.32 Å². The second-order valence-corrected chi connectivity index (χ2v) is 11.9. The van der Waals surface area contributed by atoms with Crippen LogP contribution in [-0.4, -0.2) is 50.0 Å². The first kappa shape index (κ1) is 28.9. The number of carbonyl (C=O) groups excluding carboxylic acids is 2. The van der Waals surface area contributed by atoms with Crippen LogP contribution < -0.4 is 9.62 Å². The van der Waals surface area contributed by atoms with Crippen molar-refractivity contribution in [2.45, 2.75) is 52.7 Å². The minimum absolute atomic E-state index is 0.128. The lowest BCUT2D eigenvalue weighted by Gasteiger charge is -2.34. The summed E-state index contributed by atoms with van der Waals surface area (Å²) in [4.78, 5) is 29.0. The van der Waals surface area contributed by atoms with E-state index in [0.29, 0.717) is 12.1 Å². The standard InChI is InChI=1S/C30H37N3O4S/c1-22(2)31-30(35)28(19-25-11-7-6-8-12-25)32(20-26-16-14-23(3)15-17-26)29(34)21-33(38(5,36)37)27-13-9-10-24(4)18-27/h6-18,22,28H,19-21H2,1-5H3,(H,31,35). The van der Waals surface area contributed by atoms with Gasteiger partial charge in [0, 0.05) is 19.0 Å². The Kier molecular flexibility index (Phi) is 9.69. The monoisotopic (exact) mass is 535 g/mol. The molecule has 202 valence electrons. The Hall–Kier alpha value is -3.65. The predicted molar refractivity (Wildman–Crippen MR) is 152 cm³/mol. The number of hydrogen-bond acceptors (Lipinski definition) is 4. The minimum atomic E-state index is -3.78. The van der Waals surface area contributed by atoms with Gasteiger partial charge in [0.25, 0.3) is 0 Å². The molecule has 1 atom stereocenters. The summed E-state index contributed by atoms with van der Waals surface area (Å²) in [5.74, 6) is -0.747. The maximum absolute atomic E-state index is 14.0. The van der Waals surface area contributed by atoms with Crippen LogP contribution in [0.5, 0.6) is 0 Å². The molecular weight excluding hydrogens is 498 g/mol. The molecule has 1 N–H and O–H groups in total. The number of carbonyl (C=O) groups is 2. The molecule has 3 aromatic rings. The van der Waals surface area contributed by atoms with E-state index in [9.17, 15) is 18.0 Å². The molecule has 1 unspecified atom stereocenters. The van der Waals surface area contributed by atoms with Crippen molar-refractivity contribution in [3.05, 3.63) is 101 Å². The lowest BCUT2D eigenvalue weighted by Crippen LogP contribution is -2.54. The summed E-state index contributed by atoms with van der Waals surface area (Å²) in [7, 11) is -3.78. The van der Waals surface area contributed by atoms with E-state index in [1.54, 1.807) is 18.2 Å². The average Bonchev–Trinajstić information content (AvgIpc) is 2.85. The summed E-state index contributed by atoms with van der Waals surface area (Å²) in [6, 6.07) is 23.3. The first-order chi connectivity index (χ1) is 17.9. The van der Waals surface area contributed by atoms with E-state index in [0.717, 1.165) is 32.8 Å². The van der Waals surface area contributed by atoms with E-state index >= 15 is 0 Å². The van der Waals surface area contributed by atoms with Crippen LogP contribution in [-0.2, 0) is 32.6 Å². The van der Waals surface area contributed by atoms with Gasteiger partial charge in [-0.15, -0.1) is 0 Å². The largest absolute Gasteiger partial charge is 0.352 e. The Morgan fingerprint density at radius 1 is 0.842 bits per heavy atom. The van der Waals surface area contributed by atoms with Gasteiger partial charge in [-0.25, -0.2) is 8.42 Å². The summed E-state index contributed by atoms with van der Waals surface area (Å²) in [5, 5.41) is 2.95. The lowest BCUT2D eigenvalue weighted by molar-refractivity contribution is -0.140. The van der Waals surface area contributed by atoms with Gasteiger partial charge in [-0.3, -0.25) is 13.9 Å². The minimum Gasteiger partial charge on any atom is -0.352 e. The Labute approximate surface area is 226 Å². The fourth-order valence-electron chi connectivity index (χ4n) is 4.22. The molecule has 3 aromatic carbocycles. The molecule has 7 nitrogen and oxygen atoms in total. The number of aryl methyl sites for hydroxylation is 2. The SMILES string of the molecule is Cc1ccc(CN(C(=O)CN(c2cccc(C)c2)S(C)(=O)=O)C(Cc2ccccc2)C(=O)NC(C)C)cc1. The number of amides is 2. The zero-order valence-corrected chi connectivity index (χ0v) is 23.5. The average molecular weight is 536 g/mol. The van der Waals surface area contributed by atoms with Gasteiger partial charge in [0.15, 0.2) is 0 Å². The molecule has 0 saturated carbocycles. The van der Waals surface area contributed by atoms with E-state index < -0.39 is 28.5 Å². The first-order valence-corrected chi connectivity index (χ1v) is 14.5. The maximum atomic E-state index is 14.0. The summed E-state index contributed by atoms with van der Waals surface area (Å²) < 4.78 is 26.7. The highest BCUT2D eigenvalue weighted by molar-refractivity contribution is 7.92. The zero-order valence-electron chi connectivity index (χ0n) is 22.7. The zero-order chi connectivity index (χ0) is 27.9. The predicted octanol–water partition coefficient (Wildman–Crippen LogP) is 4.23. The van der Waals surface area contributed by atoms with Crippen LogP contribution in [0.2, 0.25) is 0 Å². The molecule has 38 heavy (non-hydrogen) atoms. The molecule has 8 heteroatoms. The van der Waals surface area contributed by atoms with Gasteiger partial charge in [-0.2, -0.15) is 0 Å². The van der Waals surface area contributed by atoms with Crippen LogP contribution in [0, 0.1) is 13.8 Å². The van der Waals surface area contributed by atoms with Crippen molar-refractivity contribution in [1.29, 1.82) is 0 Å². The molecule has 0 heterocycles. The third kappa shape index (κ3) is 8.18. The molecule has 2 amide bonds. The van der Waals surface area contributed by atoms with E-state index in [4.69, 9.17) is 0 Å². The highest BCUT2D eigenvalue weighted by Gasteiger charge is 2.33. The number of hydrogen-bond donors (Lipinski definition) is 1. The summed E-state index contributed by atoms with van der Waals surface area (Å²) in [5.41, 5.74) is 4.10. The fraction of sp³-hybridized carbons (Fsp3) is 0.333. The quantitative estimate of drug-likeness (QED) is 0.398. The van der Waals surface area contributed by atoms with Crippen molar-refractivity contribution in [1.82, 2.24) is 10.2 Å². The lowest BCUT2D eigenvalue weighted by atomic mass is 10.0. The van der Waals surface area contributed by atoms with Gasteiger partial charge in [-0.1, -0.05) is 72.3 Å². The van der Waals surface area contributed by atoms with E-state index in [1.165, 1.54) is 4.90 Å². The van der Waals surface area contributed by atoms with Crippen LogP contribution in [0.25, 0.3) is 0 Å². The molecule has 0 aliphatic heterocycles. The summed E-state index contributed by atoms with van der Waals surface area (Å²) in [6.45, 7) is 7.32. The summed E-state index contributed by atoms with van der Waals surface area (Å²) in [6.07, 6.45) is 1.38. The fourth-order valence-corrected chi connectivity index (χ4v) is 5.06. The van der Waals surface area contributed by atoms with Crippen molar-refractivity contribution in [2.24, 2.45) is 0 Å². The van der Waals surface area contributed by atoms with Crippen LogP contribution >= 0.6 is 0 Å². The molecular formula is C30H37N3O4S. The van der Waals surface area contributed by atoms with E-state index in [1.807, 2.05) is 88.4 Å². The third-order valence-electron chi connectivity index (χ3n) is 6.14. The Balaban J connectivity index is 2.05. The van der Waals surface area contributed by atoms with Gasteiger partial charge in [0.1, 0.15) is 12.6 Å². The van der Waals surface area contributed by atoms with Crippen molar-refractivity contribution in [3.63, 3.8) is 0 Å². The second-order valence-electron chi connectivity index (χ2n) is 9.98. The molecule has 0 fully saturated rings. The Morgan fingerprint density at radius 3 is 2.08 bits per heavy atom. The number of sulfonamides is 1. The topological polar surface area (TPSA) is 86.8 Å². The van der Waals surface area contributed by atoms with Crippen molar-refractivity contribution >= 4 is 27.5 Å². The normalized spacial score (nSPS) is 12.2. The van der Waals surface area contributed by atoms with Gasteiger partial charge in [-0.05, 0) is 56.5 Å². The van der Waals surface area contributed by atoms with Crippen LogP contribution in [0.3, 0.4) is 0 Å². The molecule has 0 saturated heterocycles. The van der Waals surface area contributed by atoms with Crippen LogP contribution in [0.4, 0.5) is 5.69 Å². The second kappa shape index (κ2) is 12.7. The molecule has 0 bridgehead atoms. The van der Waals surface area contributed by atoms with Gasteiger partial charge in [0.05, 0.1) is 11.9 Å². The van der Waals surface area contributed by atoms with Crippen molar-refractivity contribution in [2.75, 3.05) is 17.1 Å². The Bertz CT molecular complexity index is 1340. The van der Waals surface area contributed by atoms with Crippen molar-refractivity contribution < 1.29 is 18.0 Å². The van der Waals surface area contributed by atoms with Crippen LogP contribution in [0.1, 0.15) is 36.1 Å². The third-order valence-corrected chi connectivity index (χ3v) is 7.28. The van der Waals surface area contributed by atoms with Gasteiger partial charge >= 0.3 is 0 Å². The number of nitrogens with one attached hydrogen (secondary N) is 1. The number of nitrogens with zero attached hydrogens (tertiary/aromatic N) is 2. The molecule has 0 radical (unpaired) electrons. The molecule has 0 spiro atoms. The molecule has 0 aromatic heterocycles. The Morgan fingerprint density at radius 2 is 1.50 bits per heavy atom. The summed E-state index contributed by atoms with van der Waals surface area (Å²) >= 11 is 0.